The number of benzene rings is 2. The number of carbonyl (C=O) groups excluding carboxylic acids is 2. The van der Waals surface area contributed by atoms with Gasteiger partial charge in [-0.15, -0.1) is 0 Å². The van der Waals surface area contributed by atoms with E-state index in [1.807, 2.05) is 0 Å². The zero-order valence-corrected chi connectivity index (χ0v) is 12.6. The van der Waals surface area contributed by atoms with E-state index in [1.165, 1.54) is 36.4 Å². The predicted molar refractivity (Wildman–Crippen MR) is 81.8 cm³/mol. The normalized spacial score (nSPS) is 10.1. The van der Waals surface area contributed by atoms with Gasteiger partial charge in [-0.05, 0) is 36.4 Å². The van der Waals surface area contributed by atoms with E-state index < -0.39 is 24.3 Å². The fourth-order valence-corrected chi connectivity index (χ4v) is 2.11. The van der Waals surface area contributed by atoms with Gasteiger partial charge in [-0.1, -0.05) is 29.3 Å². The van der Waals surface area contributed by atoms with Gasteiger partial charge in [0.1, 0.15) is 5.82 Å². The molecule has 0 aliphatic carbocycles. The van der Waals surface area contributed by atoms with Crippen LogP contribution in [0.2, 0.25) is 10.0 Å². The van der Waals surface area contributed by atoms with Crippen LogP contribution in [-0.4, -0.2) is 18.5 Å². The monoisotopic (exact) mass is 341 g/mol. The van der Waals surface area contributed by atoms with Crippen molar-refractivity contribution < 1.29 is 18.7 Å². The van der Waals surface area contributed by atoms with Crippen LogP contribution in [-0.2, 0) is 9.53 Å². The van der Waals surface area contributed by atoms with Crippen LogP contribution in [0, 0.1) is 5.82 Å². The first kappa shape index (κ1) is 16.3. The van der Waals surface area contributed by atoms with Gasteiger partial charge >= 0.3 is 5.97 Å². The molecule has 0 fully saturated rings. The molecule has 0 unspecified atom stereocenters. The predicted octanol–water partition coefficient (Wildman–Crippen LogP) is 3.93. The minimum Gasteiger partial charge on any atom is -0.452 e. The summed E-state index contributed by atoms with van der Waals surface area (Å²) in [6.45, 7) is -0.520. The second kappa shape index (κ2) is 7.24. The van der Waals surface area contributed by atoms with Crippen molar-refractivity contribution in [1.82, 2.24) is 0 Å². The third-order valence-corrected chi connectivity index (χ3v) is 3.14. The zero-order chi connectivity index (χ0) is 16.1. The first-order valence-electron chi connectivity index (χ1n) is 6.13. The van der Waals surface area contributed by atoms with Crippen molar-refractivity contribution in [2.75, 3.05) is 11.9 Å². The van der Waals surface area contributed by atoms with Gasteiger partial charge < -0.3 is 10.1 Å². The Bertz CT molecular complexity index is 722. The first-order valence-corrected chi connectivity index (χ1v) is 6.89. The van der Waals surface area contributed by atoms with Crippen LogP contribution in [0.3, 0.4) is 0 Å². The lowest BCUT2D eigenvalue weighted by molar-refractivity contribution is -0.119. The van der Waals surface area contributed by atoms with Crippen molar-refractivity contribution in [2.24, 2.45) is 0 Å². The third-order valence-electron chi connectivity index (χ3n) is 2.59. The summed E-state index contributed by atoms with van der Waals surface area (Å²) in [5, 5.41) is 2.91. The maximum absolute atomic E-state index is 13.0. The number of amides is 1. The van der Waals surface area contributed by atoms with Crippen molar-refractivity contribution in [2.45, 2.75) is 0 Å². The smallest absolute Gasteiger partial charge is 0.340 e. The largest absolute Gasteiger partial charge is 0.452 e. The average molecular weight is 342 g/mol. The SMILES string of the molecule is O=C(COC(=O)c1ccc(Cl)cc1Cl)Nc1cccc(F)c1. The number of esters is 1. The lowest BCUT2D eigenvalue weighted by Crippen LogP contribution is -2.21. The highest BCUT2D eigenvalue weighted by Crippen LogP contribution is 2.21. The van der Waals surface area contributed by atoms with E-state index in [0.29, 0.717) is 5.02 Å². The summed E-state index contributed by atoms with van der Waals surface area (Å²) in [6, 6.07) is 9.64. The first-order chi connectivity index (χ1) is 10.5. The van der Waals surface area contributed by atoms with Gasteiger partial charge in [0, 0.05) is 10.7 Å². The number of carbonyl (C=O) groups is 2. The van der Waals surface area contributed by atoms with E-state index in [2.05, 4.69) is 5.32 Å². The Morgan fingerprint density at radius 2 is 1.91 bits per heavy atom. The summed E-state index contributed by atoms with van der Waals surface area (Å²) in [6.07, 6.45) is 0. The summed E-state index contributed by atoms with van der Waals surface area (Å²) in [7, 11) is 0. The molecular formula is C15H10Cl2FNO3. The number of hydrogen-bond acceptors (Lipinski definition) is 3. The quantitative estimate of drug-likeness (QED) is 0.857. The summed E-state index contributed by atoms with van der Waals surface area (Å²) in [5.41, 5.74) is 0.371. The minimum absolute atomic E-state index is 0.102. The van der Waals surface area contributed by atoms with Crippen molar-refractivity contribution >= 4 is 40.8 Å². The number of halogens is 3. The van der Waals surface area contributed by atoms with Crippen molar-refractivity contribution in [1.29, 1.82) is 0 Å². The molecule has 0 bridgehead atoms. The topological polar surface area (TPSA) is 55.4 Å². The Kier molecular flexibility index (Phi) is 5.35. The molecule has 1 amide bonds. The number of hydrogen-bond donors (Lipinski definition) is 1. The summed E-state index contributed by atoms with van der Waals surface area (Å²) < 4.78 is 17.8. The zero-order valence-electron chi connectivity index (χ0n) is 11.1. The summed E-state index contributed by atoms with van der Waals surface area (Å²) in [4.78, 5) is 23.4. The maximum Gasteiger partial charge on any atom is 0.340 e. The van der Waals surface area contributed by atoms with Crippen LogP contribution in [0.25, 0.3) is 0 Å². The summed E-state index contributed by atoms with van der Waals surface area (Å²) >= 11 is 11.6. The van der Waals surface area contributed by atoms with Gasteiger partial charge in [0.2, 0.25) is 0 Å². The Morgan fingerprint density at radius 3 is 2.59 bits per heavy atom. The van der Waals surface area contributed by atoms with Gasteiger partial charge in [0.25, 0.3) is 5.91 Å². The molecule has 2 aromatic carbocycles. The van der Waals surface area contributed by atoms with Gasteiger partial charge in [-0.3, -0.25) is 4.79 Å². The molecule has 0 heterocycles. The van der Waals surface area contributed by atoms with E-state index >= 15 is 0 Å². The van der Waals surface area contributed by atoms with Gasteiger partial charge in [-0.25, -0.2) is 9.18 Å². The molecular weight excluding hydrogens is 332 g/mol. The molecule has 2 rings (SSSR count). The Balaban J connectivity index is 1.92. The van der Waals surface area contributed by atoms with Crippen LogP contribution in [0.1, 0.15) is 10.4 Å². The molecule has 0 spiro atoms. The van der Waals surface area contributed by atoms with E-state index in [4.69, 9.17) is 27.9 Å². The highest BCUT2D eigenvalue weighted by molar-refractivity contribution is 6.36. The van der Waals surface area contributed by atoms with Crippen LogP contribution in [0.15, 0.2) is 42.5 Å². The highest BCUT2D eigenvalue weighted by Gasteiger charge is 2.14. The average Bonchev–Trinajstić information content (AvgIpc) is 2.45. The molecule has 2 aromatic rings. The molecule has 0 saturated heterocycles. The number of nitrogens with one attached hydrogen (secondary N) is 1. The molecule has 7 heteroatoms. The molecule has 0 aromatic heterocycles. The minimum atomic E-state index is -0.754. The van der Waals surface area contributed by atoms with Crippen LogP contribution < -0.4 is 5.32 Å². The maximum atomic E-state index is 13.0. The molecule has 114 valence electrons. The Labute approximate surface area is 135 Å². The lowest BCUT2D eigenvalue weighted by Gasteiger charge is -2.07. The van der Waals surface area contributed by atoms with Crippen molar-refractivity contribution in [3.05, 3.63) is 63.9 Å². The molecule has 22 heavy (non-hydrogen) atoms. The standard InChI is InChI=1S/C15H10Cl2FNO3/c16-9-4-5-12(13(17)6-9)15(21)22-8-14(20)19-11-3-1-2-10(18)7-11/h1-7H,8H2,(H,19,20). The van der Waals surface area contributed by atoms with Gasteiger partial charge in [0.05, 0.1) is 10.6 Å². The molecule has 0 aliphatic heterocycles. The highest BCUT2D eigenvalue weighted by atomic mass is 35.5. The van der Waals surface area contributed by atoms with Gasteiger partial charge in [0.15, 0.2) is 6.61 Å². The van der Waals surface area contributed by atoms with E-state index in [0.717, 1.165) is 6.07 Å². The third kappa shape index (κ3) is 4.44. The van der Waals surface area contributed by atoms with Crippen molar-refractivity contribution in [3.63, 3.8) is 0 Å². The van der Waals surface area contributed by atoms with E-state index in [-0.39, 0.29) is 16.3 Å². The molecule has 0 aliphatic rings. The lowest BCUT2D eigenvalue weighted by atomic mass is 10.2. The van der Waals surface area contributed by atoms with Crippen LogP contribution in [0.4, 0.5) is 10.1 Å². The summed E-state index contributed by atoms with van der Waals surface area (Å²) in [5.74, 6) is -1.83. The molecule has 4 nitrogen and oxygen atoms in total. The molecule has 0 atom stereocenters. The van der Waals surface area contributed by atoms with Gasteiger partial charge in [-0.2, -0.15) is 0 Å². The number of ether oxygens (including phenoxy) is 1. The second-order valence-corrected chi connectivity index (χ2v) is 5.10. The van der Waals surface area contributed by atoms with E-state index in [9.17, 15) is 14.0 Å². The second-order valence-electron chi connectivity index (χ2n) is 4.26. The molecule has 0 radical (unpaired) electrons. The molecule has 1 N–H and O–H groups in total. The van der Waals surface area contributed by atoms with Crippen LogP contribution >= 0.6 is 23.2 Å². The van der Waals surface area contributed by atoms with Crippen LogP contribution in [0.5, 0.6) is 0 Å². The molecule has 0 saturated carbocycles. The Hall–Kier alpha value is -2.11. The fourth-order valence-electron chi connectivity index (χ4n) is 1.63. The fraction of sp³-hybridized carbons (Fsp3) is 0.0667. The van der Waals surface area contributed by atoms with Crippen molar-refractivity contribution in [3.8, 4) is 0 Å². The Morgan fingerprint density at radius 1 is 1.14 bits per heavy atom. The van der Waals surface area contributed by atoms with E-state index in [1.54, 1.807) is 0 Å². The number of rotatable bonds is 4. The number of anilines is 1.